The molecule has 1 aromatic rings. The van der Waals surface area contributed by atoms with Gasteiger partial charge in [0.1, 0.15) is 0 Å². The van der Waals surface area contributed by atoms with E-state index in [1.807, 2.05) is 0 Å². The van der Waals surface area contributed by atoms with E-state index in [1.165, 1.54) is 0 Å². The summed E-state index contributed by atoms with van der Waals surface area (Å²) in [7, 11) is 0. The van der Waals surface area contributed by atoms with Crippen LogP contribution in [0.2, 0.25) is 5.02 Å². The second-order valence-corrected chi connectivity index (χ2v) is 4.08. The zero-order valence-corrected chi connectivity index (χ0v) is 9.66. The van der Waals surface area contributed by atoms with Gasteiger partial charge in [-0.05, 0) is 22.0 Å². The van der Waals surface area contributed by atoms with Gasteiger partial charge in [0.05, 0.1) is 6.57 Å². The van der Waals surface area contributed by atoms with E-state index in [0.29, 0.717) is 25.3 Å². The summed E-state index contributed by atoms with van der Waals surface area (Å²) >= 11 is 12.2. The number of hydrogen-bond donors (Lipinski definition) is 1. The highest BCUT2D eigenvalue weighted by atomic mass is 79.9. The smallest absolute Gasteiger partial charge is 0.221 e. The quantitative estimate of drug-likeness (QED) is 0.570. The number of nitrogens with two attached hydrogens (primary N) is 1. The molecule has 62 valence electrons. The first-order valence-electron chi connectivity index (χ1n) is 2.88. The molecular formula is C7H3Br2ClN2. The largest absolute Gasteiger partial charge is 0.398 e. The highest BCUT2D eigenvalue weighted by molar-refractivity contribution is 9.11. The van der Waals surface area contributed by atoms with Crippen LogP contribution in [0, 0.1) is 6.57 Å². The average molecular weight is 310 g/mol. The lowest BCUT2D eigenvalue weighted by Crippen LogP contribution is -1.88. The monoisotopic (exact) mass is 308 g/mol. The number of benzene rings is 1. The molecule has 0 saturated carbocycles. The van der Waals surface area contributed by atoms with Crippen molar-refractivity contribution in [3.8, 4) is 0 Å². The minimum atomic E-state index is 0.345. The molecule has 0 unspecified atom stereocenters. The van der Waals surface area contributed by atoms with Gasteiger partial charge < -0.3 is 5.73 Å². The van der Waals surface area contributed by atoms with Crippen molar-refractivity contribution in [2.75, 3.05) is 5.73 Å². The molecule has 12 heavy (non-hydrogen) atoms. The second-order valence-electron chi connectivity index (χ2n) is 2.03. The summed E-state index contributed by atoms with van der Waals surface area (Å²) in [6.07, 6.45) is 0. The first-order valence-corrected chi connectivity index (χ1v) is 4.84. The minimum absolute atomic E-state index is 0.345. The van der Waals surface area contributed by atoms with Gasteiger partial charge in [-0.25, -0.2) is 4.85 Å². The molecule has 0 aliphatic carbocycles. The third-order valence-corrected chi connectivity index (χ3v) is 3.04. The van der Waals surface area contributed by atoms with Gasteiger partial charge in [-0.1, -0.05) is 27.5 Å². The predicted molar refractivity (Wildman–Crippen MR) is 57.5 cm³/mol. The third kappa shape index (κ3) is 1.58. The van der Waals surface area contributed by atoms with E-state index >= 15 is 0 Å². The summed E-state index contributed by atoms with van der Waals surface area (Å²) in [4.78, 5) is 3.24. The zero-order valence-electron chi connectivity index (χ0n) is 5.74. The van der Waals surface area contributed by atoms with Crippen molar-refractivity contribution in [3.63, 3.8) is 0 Å². The van der Waals surface area contributed by atoms with Gasteiger partial charge >= 0.3 is 0 Å². The molecule has 1 rings (SSSR count). The van der Waals surface area contributed by atoms with Crippen molar-refractivity contribution in [2.45, 2.75) is 0 Å². The summed E-state index contributed by atoms with van der Waals surface area (Å²) in [5, 5.41) is 0.387. The topological polar surface area (TPSA) is 30.4 Å². The SMILES string of the molecule is [C-]#[N+]c1c(Cl)cc(Br)c(N)c1Br. The number of anilines is 1. The van der Waals surface area contributed by atoms with Crippen molar-refractivity contribution < 1.29 is 0 Å². The van der Waals surface area contributed by atoms with Gasteiger partial charge in [0.15, 0.2) is 0 Å². The molecule has 0 amide bonds. The summed E-state index contributed by atoms with van der Waals surface area (Å²) in [5.41, 5.74) is 6.47. The number of nitrogen functional groups attached to an aromatic ring is 1. The molecule has 0 aliphatic rings. The van der Waals surface area contributed by atoms with Crippen LogP contribution in [0.15, 0.2) is 15.0 Å². The Bertz CT molecular complexity index is 371. The Morgan fingerprint density at radius 2 is 2.08 bits per heavy atom. The maximum Gasteiger partial charge on any atom is 0.221 e. The highest BCUT2D eigenvalue weighted by Gasteiger charge is 2.11. The molecule has 0 aromatic heterocycles. The van der Waals surface area contributed by atoms with Crippen LogP contribution in [-0.2, 0) is 0 Å². The fraction of sp³-hybridized carbons (Fsp3) is 0. The number of rotatable bonds is 0. The van der Waals surface area contributed by atoms with Gasteiger partial charge in [-0.2, -0.15) is 0 Å². The highest BCUT2D eigenvalue weighted by Crippen LogP contribution is 2.41. The Morgan fingerprint density at radius 1 is 1.50 bits per heavy atom. The van der Waals surface area contributed by atoms with E-state index in [9.17, 15) is 0 Å². The Morgan fingerprint density at radius 3 is 2.58 bits per heavy atom. The molecule has 2 nitrogen and oxygen atoms in total. The Labute approximate surface area is 91.8 Å². The van der Waals surface area contributed by atoms with Crippen molar-refractivity contribution in [2.24, 2.45) is 0 Å². The predicted octanol–water partition coefficient (Wildman–Crippen LogP) is 4.00. The Balaban J connectivity index is 3.54. The first-order chi connectivity index (χ1) is 5.57. The number of hydrogen-bond acceptors (Lipinski definition) is 1. The van der Waals surface area contributed by atoms with E-state index in [2.05, 4.69) is 36.7 Å². The van der Waals surface area contributed by atoms with Gasteiger partial charge in [-0.15, -0.1) is 0 Å². The third-order valence-electron chi connectivity index (χ3n) is 1.29. The van der Waals surface area contributed by atoms with Gasteiger partial charge in [0.2, 0.25) is 5.69 Å². The summed E-state index contributed by atoms with van der Waals surface area (Å²) in [6, 6.07) is 1.61. The summed E-state index contributed by atoms with van der Waals surface area (Å²) < 4.78 is 1.23. The number of nitrogens with zero attached hydrogens (tertiary/aromatic N) is 1. The second kappa shape index (κ2) is 3.65. The molecule has 5 heteroatoms. The number of halogens is 3. The minimum Gasteiger partial charge on any atom is -0.398 e. The fourth-order valence-electron chi connectivity index (χ4n) is 0.697. The van der Waals surface area contributed by atoms with Gasteiger partial charge in [0, 0.05) is 19.7 Å². The van der Waals surface area contributed by atoms with Gasteiger partial charge in [0.25, 0.3) is 0 Å². The molecule has 0 radical (unpaired) electrons. The van der Waals surface area contributed by atoms with Crippen LogP contribution >= 0.6 is 43.5 Å². The Kier molecular flexibility index (Phi) is 2.99. The molecule has 0 aliphatic heterocycles. The molecule has 0 fully saturated rings. The van der Waals surface area contributed by atoms with Crippen molar-refractivity contribution in [1.82, 2.24) is 0 Å². The maximum absolute atomic E-state index is 6.83. The van der Waals surface area contributed by atoms with Crippen LogP contribution < -0.4 is 5.73 Å². The maximum atomic E-state index is 6.83. The molecule has 0 bridgehead atoms. The molecule has 1 aromatic carbocycles. The molecule has 0 heterocycles. The Hall–Kier alpha value is -0.240. The van der Waals surface area contributed by atoms with Crippen LogP contribution in [-0.4, -0.2) is 0 Å². The lowest BCUT2D eigenvalue weighted by molar-refractivity contribution is 1.59. The standard InChI is InChI=1S/C7H3Br2ClN2/c1-12-7-4(10)2-3(8)6(11)5(7)9/h2H,11H2. The van der Waals surface area contributed by atoms with E-state index < -0.39 is 0 Å². The van der Waals surface area contributed by atoms with Crippen LogP contribution in [0.25, 0.3) is 4.85 Å². The fourth-order valence-corrected chi connectivity index (χ4v) is 2.40. The molecule has 2 N–H and O–H groups in total. The lowest BCUT2D eigenvalue weighted by Gasteiger charge is -2.04. The van der Waals surface area contributed by atoms with E-state index in [0.717, 1.165) is 0 Å². The van der Waals surface area contributed by atoms with E-state index in [-0.39, 0.29) is 0 Å². The zero-order chi connectivity index (χ0) is 9.30. The van der Waals surface area contributed by atoms with Crippen molar-refractivity contribution in [3.05, 3.63) is 31.5 Å². The van der Waals surface area contributed by atoms with Crippen molar-refractivity contribution >= 4 is 54.8 Å². The van der Waals surface area contributed by atoms with E-state index in [1.54, 1.807) is 6.07 Å². The van der Waals surface area contributed by atoms with Crippen LogP contribution in [0.5, 0.6) is 0 Å². The molecule has 0 saturated heterocycles. The van der Waals surface area contributed by atoms with Crippen LogP contribution in [0.4, 0.5) is 11.4 Å². The molecule has 0 atom stereocenters. The first kappa shape index (κ1) is 9.85. The van der Waals surface area contributed by atoms with Crippen LogP contribution in [0.1, 0.15) is 0 Å². The van der Waals surface area contributed by atoms with Gasteiger partial charge in [-0.3, -0.25) is 0 Å². The summed E-state index contributed by atoms with van der Waals surface area (Å²) in [5.74, 6) is 0. The summed E-state index contributed by atoms with van der Waals surface area (Å²) in [6.45, 7) is 6.83. The average Bonchev–Trinajstić information content (AvgIpc) is 2.01. The molecule has 0 spiro atoms. The van der Waals surface area contributed by atoms with E-state index in [4.69, 9.17) is 23.9 Å². The molecular weight excluding hydrogens is 307 g/mol. The van der Waals surface area contributed by atoms with Crippen LogP contribution in [0.3, 0.4) is 0 Å². The van der Waals surface area contributed by atoms with Crippen molar-refractivity contribution in [1.29, 1.82) is 0 Å². The lowest BCUT2D eigenvalue weighted by atomic mass is 10.3. The normalized spacial score (nSPS) is 9.50.